The van der Waals surface area contributed by atoms with E-state index in [-0.39, 0.29) is 17.3 Å². The van der Waals surface area contributed by atoms with E-state index >= 15 is 0 Å². The molecular formula is C10H13BrN2O3S2. The van der Waals surface area contributed by atoms with Crippen LogP contribution in [-0.2, 0) is 14.8 Å². The van der Waals surface area contributed by atoms with Gasteiger partial charge >= 0.3 is 0 Å². The van der Waals surface area contributed by atoms with Crippen molar-refractivity contribution in [1.82, 2.24) is 9.62 Å². The van der Waals surface area contributed by atoms with Gasteiger partial charge in [-0.25, -0.2) is 8.42 Å². The standard InChI is InChI=1S/C10H13BrN2O3S2/c1-7-8(5-9(11)17-7)18(15,16)13-4-2-3-12-10(14)6-13/h5H,2-4,6H2,1H3,(H,12,14). The first-order valence-corrected chi connectivity index (χ1v) is 8.49. The summed E-state index contributed by atoms with van der Waals surface area (Å²) in [6.45, 7) is 2.56. The molecule has 100 valence electrons. The van der Waals surface area contributed by atoms with E-state index in [4.69, 9.17) is 0 Å². The fraction of sp³-hybridized carbons (Fsp3) is 0.500. The third-order valence-electron chi connectivity index (χ3n) is 2.69. The van der Waals surface area contributed by atoms with Crippen molar-refractivity contribution >= 4 is 43.2 Å². The van der Waals surface area contributed by atoms with Crippen LogP contribution in [-0.4, -0.2) is 38.3 Å². The lowest BCUT2D eigenvalue weighted by Crippen LogP contribution is -2.37. The van der Waals surface area contributed by atoms with Gasteiger partial charge in [-0.2, -0.15) is 4.31 Å². The summed E-state index contributed by atoms with van der Waals surface area (Å²) in [6, 6.07) is 1.60. The van der Waals surface area contributed by atoms with Crippen LogP contribution in [0.4, 0.5) is 0 Å². The second-order valence-corrected chi connectivity index (χ2v) is 8.55. The molecule has 0 aromatic carbocycles. The Morgan fingerprint density at radius 3 is 2.83 bits per heavy atom. The summed E-state index contributed by atoms with van der Waals surface area (Å²) in [7, 11) is -3.58. The highest BCUT2D eigenvalue weighted by Gasteiger charge is 2.30. The van der Waals surface area contributed by atoms with E-state index in [1.807, 2.05) is 0 Å². The highest BCUT2D eigenvalue weighted by atomic mass is 79.9. The van der Waals surface area contributed by atoms with Crippen LogP contribution >= 0.6 is 27.3 Å². The molecule has 0 saturated carbocycles. The Hall–Kier alpha value is -0.440. The molecule has 2 heterocycles. The van der Waals surface area contributed by atoms with Crippen molar-refractivity contribution in [2.75, 3.05) is 19.6 Å². The average molecular weight is 353 g/mol. The largest absolute Gasteiger partial charge is 0.355 e. The number of amides is 1. The fourth-order valence-corrected chi connectivity index (χ4v) is 5.63. The monoisotopic (exact) mass is 352 g/mol. The number of rotatable bonds is 2. The summed E-state index contributed by atoms with van der Waals surface area (Å²) in [5.74, 6) is -0.247. The van der Waals surface area contributed by atoms with Gasteiger partial charge in [-0.3, -0.25) is 4.79 Å². The van der Waals surface area contributed by atoms with Crippen LogP contribution in [0.1, 0.15) is 11.3 Å². The molecule has 1 fully saturated rings. The van der Waals surface area contributed by atoms with Crippen LogP contribution in [0.5, 0.6) is 0 Å². The van der Waals surface area contributed by atoms with Crippen molar-refractivity contribution in [2.24, 2.45) is 0 Å². The smallest absolute Gasteiger partial charge is 0.244 e. The molecule has 8 heteroatoms. The number of sulfonamides is 1. The van der Waals surface area contributed by atoms with Crippen molar-refractivity contribution in [3.8, 4) is 0 Å². The quantitative estimate of drug-likeness (QED) is 0.872. The van der Waals surface area contributed by atoms with Gasteiger partial charge in [0, 0.05) is 18.0 Å². The molecule has 0 radical (unpaired) electrons. The number of aryl methyl sites for hydroxylation is 1. The summed E-state index contributed by atoms with van der Waals surface area (Å²) in [4.78, 5) is 12.5. The molecule has 1 aromatic heterocycles. The van der Waals surface area contributed by atoms with E-state index in [0.29, 0.717) is 19.5 Å². The molecule has 5 nitrogen and oxygen atoms in total. The summed E-state index contributed by atoms with van der Waals surface area (Å²) in [5.41, 5.74) is 0. The van der Waals surface area contributed by atoms with Gasteiger partial charge in [-0.1, -0.05) is 0 Å². The van der Waals surface area contributed by atoms with E-state index < -0.39 is 10.0 Å². The Balaban J connectivity index is 2.35. The molecule has 1 aliphatic rings. The number of nitrogens with one attached hydrogen (secondary N) is 1. The Bertz CT molecular complexity index is 568. The average Bonchev–Trinajstić information content (AvgIpc) is 2.50. The molecule has 1 N–H and O–H groups in total. The maximum absolute atomic E-state index is 12.5. The first kappa shape index (κ1) is 14.0. The fourth-order valence-electron chi connectivity index (χ4n) is 1.81. The van der Waals surface area contributed by atoms with Crippen molar-refractivity contribution in [3.05, 3.63) is 14.7 Å². The van der Waals surface area contributed by atoms with Gasteiger partial charge in [0.1, 0.15) is 0 Å². The molecule has 1 amide bonds. The normalized spacial score (nSPS) is 18.4. The van der Waals surface area contributed by atoms with Gasteiger partial charge in [0.2, 0.25) is 15.9 Å². The maximum atomic E-state index is 12.5. The molecule has 1 aromatic rings. The van der Waals surface area contributed by atoms with Gasteiger partial charge in [-0.15, -0.1) is 11.3 Å². The minimum atomic E-state index is -3.58. The maximum Gasteiger partial charge on any atom is 0.244 e. The van der Waals surface area contributed by atoms with Gasteiger partial charge in [0.25, 0.3) is 0 Å². The minimum Gasteiger partial charge on any atom is -0.355 e. The number of nitrogens with zero attached hydrogens (tertiary/aromatic N) is 1. The van der Waals surface area contributed by atoms with E-state index in [9.17, 15) is 13.2 Å². The zero-order chi connectivity index (χ0) is 13.3. The molecule has 0 atom stereocenters. The third kappa shape index (κ3) is 2.76. The van der Waals surface area contributed by atoms with E-state index in [1.165, 1.54) is 15.6 Å². The van der Waals surface area contributed by atoms with Crippen LogP contribution in [0, 0.1) is 6.92 Å². The molecule has 2 rings (SSSR count). The minimum absolute atomic E-state index is 0.102. The zero-order valence-corrected chi connectivity index (χ0v) is 13.0. The summed E-state index contributed by atoms with van der Waals surface area (Å²) in [6.07, 6.45) is 0.634. The lowest BCUT2D eigenvalue weighted by atomic mass is 10.4. The second kappa shape index (κ2) is 5.28. The van der Waals surface area contributed by atoms with Crippen LogP contribution in [0.3, 0.4) is 0 Å². The number of thiophene rings is 1. The first-order chi connectivity index (χ1) is 8.41. The van der Waals surface area contributed by atoms with Gasteiger partial charge < -0.3 is 5.32 Å². The molecular weight excluding hydrogens is 340 g/mol. The van der Waals surface area contributed by atoms with Gasteiger partial charge in [0.15, 0.2) is 0 Å². The Morgan fingerprint density at radius 1 is 1.50 bits per heavy atom. The van der Waals surface area contributed by atoms with Crippen LogP contribution in [0.15, 0.2) is 14.7 Å². The molecule has 0 spiro atoms. The predicted octanol–water partition coefficient (Wildman–Crippen LogP) is 1.33. The van der Waals surface area contributed by atoms with Crippen molar-refractivity contribution in [3.63, 3.8) is 0 Å². The molecule has 0 bridgehead atoms. The number of hydrogen-bond acceptors (Lipinski definition) is 4. The van der Waals surface area contributed by atoms with Crippen LogP contribution < -0.4 is 5.32 Å². The van der Waals surface area contributed by atoms with Crippen molar-refractivity contribution in [1.29, 1.82) is 0 Å². The van der Waals surface area contributed by atoms with E-state index in [2.05, 4.69) is 21.2 Å². The van der Waals surface area contributed by atoms with E-state index in [0.717, 1.165) is 8.66 Å². The molecule has 18 heavy (non-hydrogen) atoms. The van der Waals surface area contributed by atoms with Gasteiger partial charge in [-0.05, 0) is 35.3 Å². The highest BCUT2D eigenvalue weighted by molar-refractivity contribution is 9.11. The number of hydrogen-bond donors (Lipinski definition) is 1. The van der Waals surface area contributed by atoms with Crippen LogP contribution in [0.2, 0.25) is 0 Å². The summed E-state index contributed by atoms with van der Waals surface area (Å²) >= 11 is 4.66. The lowest BCUT2D eigenvalue weighted by Gasteiger charge is -2.18. The zero-order valence-electron chi connectivity index (χ0n) is 9.77. The summed E-state index contributed by atoms with van der Waals surface area (Å²) < 4.78 is 26.9. The molecule has 0 aliphatic carbocycles. The number of carbonyl (C=O) groups is 1. The lowest BCUT2D eigenvalue weighted by molar-refractivity contribution is -0.120. The number of halogens is 1. The topological polar surface area (TPSA) is 66.5 Å². The van der Waals surface area contributed by atoms with E-state index in [1.54, 1.807) is 13.0 Å². The molecule has 1 saturated heterocycles. The Labute approximate surface area is 118 Å². The molecule has 0 unspecified atom stereocenters. The van der Waals surface area contributed by atoms with Crippen molar-refractivity contribution in [2.45, 2.75) is 18.2 Å². The third-order valence-corrected chi connectivity index (χ3v) is 6.34. The van der Waals surface area contributed by atoms with Crippen molar-refractivity contribution < 1.29 is 13.2 Å². The second-order valence-electron chi connectivity index (χ2n) is 4.01. The highest BCUT2D eigenvalue weighted by Crippen LogP contribution is 2.31. The predicted molar refractivity (Wildman–Crippen MR) is 73.1 cm³/mol. The first-order valence-electron chi connectivity index (χ1n) is 5.44. The van der Waals surface area contributed by atoms with Crippen LogP contribution in [0.25, 0.3) is 0 Å². The Morgan fingerprint density at radius 2 is 2.22 bits per heavy atom. The summed E-state index contributed by atoms with van der Waals surface area (Å²) in [5, 5.41) is 2.67. The number of carbonyl (C=O) groups excluding carboxylic acids is 1. The Kier molecular flexibility index (Phi) is 4.10. The SMILES string of the molecule is Cc1sc(Br)cc1S(=O)(=O)N1CCCNC(=O)C1. The molecule has 1 aliphatic heterocycles. The van der Waals surface area contributed by atoms with Gasteiger partial charge in [0.05, 0.1) is 15.2 Å².